The summed E-state index contributed by atoms with van der Waals surface area (Å²) in [7, 11) is 0. The minimum absolute atomic E-state index is 0.0434. The van der Waals surface area contributed by atoms with Crippen molar-refractivity contribution in [3.8, 4) is 5.75 Å². The molecule has 6 heteroatoms. The van der Waals surface area contributed by atoms with Gasteiger partial charge in [-0.25, -0.2) is 4.79 Å². The number of hydrogen-bond donors (Lipinski definition) is 4. The second-order valence-corrected chi connectivity index (χ2v) is 5.78. The van der Waals surface area contributed by atoms with Crippen molar-refractivity contribution < 1.29 is 15.0 Å². The first-order valence-corrected chi connectivity index (χ1v) is 7.39. The molecule has 0 radical (unpaired) electrons. The molecule has 0 amide bonds. The van der Waals surface area contributed by atoms with Gasteiger partial charge in [0.1, 0.15) is 5.75 Å². The van der Waals surface area contributed by atoms with Crippen molar-refractivity contribution in [2.75, 3.05) is 5.32 Å². The number of aromatic hydroxyl groups is 1. The Labute approximate surface area is 134 Å². The fourth-order valence-corrected chi connectivity index (χ4v) is 2.79. The van der Waals surface area contributed by atoms with Crippen molar-refractivity contribution in [3.63, 3.8) is 0 Å². The van der Waals surface area contributed by atoms with Gasteiger partial charge < -0.3 is 20.5 Å². The van der Waals surface area contributed by atoms with Crippen molar-refractivity contribution in [3.05, 3.63) is 58.2 Å². The molecule has 3 rings (SSSR count). The van der Waals surface area contributed by atoms with Crippen LogP contribution in [0.5, 0.6) is 5.75 Å². The molecule has 1 heterocycles. The monoisotopic (exact) mass is 360 g/mol. The summed E-state index contributed by atoms with van der Waals surface area (Å²) in [6.07, 6.45) is 0. The zero-order valence-corrected chi connectivity index (χ0v) is 13.0. The van der Waals surface area contributed by atoms with Gasteiger partial charge in [0.2, 0.25) is 0 Å². The van der Waals surface area contributed by atoms with Crippen LogP contribution < -0.4 is 5.32 Å². The minimum atomic E-state index is -1.08. The highest BCUT2D eigenvalue weighted by Crippen LogP contribution is 2.25. The highest BCUT2D eigenvalue weighted by atomic mass is 79.9. The fraction of sp³-hybridized carbons (Fsp3) is 0.0625. The lowest BCUT2D eigenvalue weighted by Gasteiger charge is -2.07. The summed E-state index contributed by atoms with van der Waals surface area (Å²) in [5, 5.41) is 22.8. The zero-order chi connectivity index (χ0) is 15.7. The van der Waals surface area contributed by atoms with E-state index in [1.807, 2.05) is 24.3 Å². The van der Waals surface area contributed by atoms with Gasteiger partial charge in [-0.15, -0.1) is 0 Å². The Bertz CT molecular complexity index is 858. The predicted molar refractivity (Wildman–Crippen MR) is 88.4 cm³/mol. The minimum Gasteiger partial charge on any atom is -0.508 e. The number of nitrogens with one attached hydrogen (secondary N) is 2. The average molecular weight is 361 g/mol. The van der Waals surface area contributed by atoms with E-state index in [4.69, 9.17) is 5.11 Å². The van der Waals surface area contributed by atoms with Gasteiger partial charge >= 0.3 is 5.97 Å². The van der Waals surface area contributed by atoms with Crippen LogP contribution in [0.15, 0.2) is 46.9 Å². The third-order valence-electron chi connectivity index (χ3n) is 3.31. The van der Waals surface area contributed by atoms with E-state index in [9.17, 15) is 9.90 Å². The normalized spacial score (nSPS) is 10.8. The van der Waals surface area contributed by atoms with Crippen molar-refractivity contribution in [2.45, 2.75) is 6.54 Å². The number of carboxylic acid groups (broad SMARTS) is 1. The predicted octanol–water partition coefficient (Wildman–Crippen LogP) is 3.95. The van der Waals surface area contributed by atoms with E-state index < -0.39 is 5.97 Å². The average Bonchev–Trinajstić information content (AvgIpc) is 2.89. The number of aromatic nitrogens is 1. The number of aromatic carboxylic acids is 1. The highest BCUT2D eigenvalue weighted by Gasteiger charge is 2.08. The van der Waals surface area contributed by atoms with E-state index >= 15 is 0 Å². The molecule has 3 aromatic rings. The Kier molecular flexibility index (Phi) is 3.77. The number of aromatic amines is 1. The molecule has 0 aliphatic rings. The number of carboxylic acids is 1. The summed E-state index contributed by atoms with van der Waals surface area (Å²) in [6, 6.07) is 12.1. The molecule has 0 saturated carbocycles. The van der Waals surface area contributed by atoms with E-state index in [1.165, 1.54) is 18.2 Å². The number of hydrogen-bond acceptors (Lipinski definition) is 3. The Morgan fingerprint density at radius 3 is 2.77 bits per heavy atom. The van der Waals surface area contributed by atoms with Gasteiger partial charge in [-0.3, -0.25) is 0 Å². The number of fused-ring (bicyclic) bond motifs is 1. The maximum Gasteiger partial charge on any atom is 0.335 e. The number of phenolic OH excluding ortho intramolecular Hbond substituents is 1. The van der Waals surface area contributed by atoms with Crippen molar-refractivity contribution in [1.29, 1.82) is 0 Å². The van der Waals surface area contributed by atoms with Crippen LogP contribution >= 0.6 is 15.9 Å². The molecule has 0 fully saturated rings. The van der Waals surface area contributed by atoms with Crippen molar-refractivity contribution in [2.24, 2.45) is 0 Å². The molecule has 5 nitrogen and oxygen atoms in total. The molecule has 1 aromatic heterocycles. The SMILES string of the molecule is O=C(O)c1cc(O)cc(NCc2cc3c(Br)cccc3[nH]2)c1. The first kappa shape index (κ1) is 14.5. The van der Waals surface area contributed by atoms with Crippen LogP contribution in [-0.4, -0.2) is 21.2 Å². The van der Waals surface area contributed by atoms with Crippen LogP contribution in [0.3, 0.4) is 0 Å². The number of carbonyl (C=O) groups is 1. The molecule has 0 aliphatic carbocycles. The summed E-state index contributed by atoms with van der Waals surface area (Å²) < 4.78 is 1.01. The van der Waals surface area contributed by atoms with Gasteiger partial charge in [0.05, 0.1) is 12.1 Å². The maximum atomic E-state index is 11.0. The van der Waals surface area contributed by atoms with Gasteiger partial charge in [-0.1, -0.05) is 22.0 Å². The topological polar surface area (TPSA) is 85.3 Å². The lowest BCUT2D eigenvalue weighted by atomic mass is 10.2. The summed E-state index contributed by atoms with van der Waals surface area (Å²) in [6.45, 7) is 0.490. The molecule has 0 unspecified atom stereocenters. The van der Waals surface area contributed by atoms with Crippen molar-refractivity contribution in [1.82, 2.24) is 4.98 Å². The molecular formula is C16H13BrN2O3. The molecule has 0 saturated heterocycles. The second-order valence-electron chi connectivity index (χ2n) is 4.92. The third kappa shape index (κ3) is 2.92. The number of rotatable bonds is 4. The Morgan fingerprint density at radius 1 is 1.23 bits per heavy atom. The smallest absolute Gasteiger partial charge is 0.335 e. The number of halogens is 1. The van der Waals surface area contributed by atoms with E-state index in [-0.39, 0.29) is 11.3 Å². The third-order valence-corrected chi connectivity index (χ3v) is 4.01. The van der Waals surface area contributed by atoms with E-state index in [0.717, 1.165) is 21.1 Å². The quantitative estimate of drug-likeness (QED) is 0.567. The Balaban J connectivity index is 1.82. The number of anilines is 1. The van der Waals surface area contributed by atoms with Gasteiger partial charge in [-0.2, -0.15) is 0 Å². The van der Waals surface area contributed by atoms with Gasteiger partial charge in [-0.05, 0) is 30.3 Å². The Hall–Kier alpha value is -2.47. The second kappa shape index (κ2) is 5.73. The zero-order valence-electron chi connectivity index (χ0n) is 11.4. The van der Waals surface area contributed by atoms with E-state index in [1.54, 1.807) is 0 Å². The molecule has 2 aromatic carbocycles. The largest absolute Gasteiger partial charge is 0.508 e. The number of phenols is 1. The standard InChI is InChI=1S/C16H13BrN2O3/c17-14-2-1-3-15-13(14)7-11(19-15)8-18-10-4-9(16(21)22)5-12(20)6-10/h1-7,18-20H,8H2,(H,21,22). The first-order chi connectivity index (χ1) is 10.5. The van der Waals surface area contributed by atoms with Crippen LogP contribution in [0.4, 0.5) is 5.69 Å². The van der Waals surface area contributed by atoms with E-state index in [0.29, 0.717) is 12.2 Å². The maximum absolute atomic E-state index is 11.0. The number of benzene rings is 2. The summed E-state index contributed by atoms with van der Waals surface area (Å²) in [5.74, 6) is -1.16. The highest BCUT2D eigenvalue weighted by molar-refractivity contribution is 9.10. The molecular weight excluding hydrogens is 348 g/mol. The molecule has 0 spiro atoms. The summed E-state index contributed by atoms with van der Waals surface area (Å²) in [5.41, 5.74) is 2.58. The molecule has 22 heavy (non-hydrogen) atoms. The van der Waals surface area contributed by atoms with Gasteiger partial charge in [0.15, 0.2) is 0 Å². The van der Waals surface area contributed by atoms with Gasteiger partial charge in [0.25, 0.3) is 0 Å². The van der Waals surface area contributed by atoms with Crippen molar-refractivity contribution >= 4 is 38.5 Å². The molecule has 112 valence electrons. The summed E-state index contributed by atoms with van der Waals surface area (Å²) in [4.78, 5) is 14.3. The molecule has 4 N–H and O–H groups in total. The Morgan fingerprint density at radius 2 is 2.05 bits per heavy atom. The van der Waals surface area contributed by atoms with Gasteiger partial charge in [0, 0.05) is 32.8 Å². The molecule has 0 aliphatic heterocycles. The van der Waals surface area contributed by atoms with Crippen LogP contribution in [0.2, 0.25) is 0 Å². The number of H-pyrrole nitrogens is 1. The van der Waals surface area contributed by atoms with Crippen LogP contribution in [0.1, 0.15) is 16.1 Å². The lowest BCUT2D eigenvalue weighted by Crippen LogP contribution is -2.02. The first-order valence-electron chi connectivity index (χ1n) is 6.60. The van der Waals surface area contributed by atoms with Crippen LogP contribution in [-0.2, 0) is 6.54 Å². The lowest BCUT2D eigenvalue weighted by molar-refractivity contribution is 0.0696. The van der Waals surface area contributed by atoms with Crippen LogP contribution in [0, 0.1) is 0 Å². The van der Waals surface area contributed by atoms with E-state index in [2.05, 4.69) is 26.2 Å². The molecule has 0 bridgehead atoms. The summed E-state index contributed by atoms with van der Waals surface area (Å²) >= 11 is 3.50. The van der Waals surface area contributed by atoms with Crippen LogP contribution in [0.25, 0.3) is 10.9 Å². The molecule has 0 atom stereocenters. The fourth-order valence-electron chi connectivity index (χ4n) is 2.31.